The van der Waals surface area contributed by atoms with Crippen LogP contribution in [0, 0.1) is 24.7 Å². The van der Waals surface area contributed by atoms with Gasteiger partial charge in [0, 0.05) is 25.8 Å². The summed E-state index contributed by atoms with van der Waals surface area (Å²) in [5.41, 5.74) is 1.18. The molecule has 0 spiro atoms. The molecule has 166 valence electrons. The van der Waals surface area contributed by atoms with Gasteiger partial charge in [0.15, 0.2) is 0 Å². The first-order valence-electron chi connectivity index (χ1n) is 11.4. The monoisotopic (exact) mass is 414 g/mol. The molecule has 1 aliphatic heterocycles. The minimum Gasteiger partial charge on any atom is -0.389 e. The normalized spacial score (nSPS) is 16.2. The molecule has 3 rings (SSSR count). The number of imidazole rings is 1. The maximum Gasteiger partial charge on any atom is 0.225 e. The lowest BCUT2D eigenvalue weighted by atomic mass is 9.82. The van der Waals surface area contributed by atoms with Crippen LogP contribution in [-0.4, -0.2) is 49.1 Å². The summed E-state index contributed by atoms with van der Waals surface area (Å²) in [6.45, 7) is 13.0. The van der Waals surface area contributed by atoms with Gasteiger partial charge in [-0.25, -0.2) is 4.98 Å². The highest BCUT2D eigenvalue weighted by atomic mass is 16.3. The molecule has 6 heteroatoms. The molecule has 3 heterocycles. The highest BCUT2D eigenvalue weighted by Crippen LogP contribution is 2.30. The number of likely N-dealkylation sites (tertiary alicyclic amines) is 1. The van der Waals surface area contributed by atoms with Crippen LogP contribution < -0.4 is 0 Å². The van der Waals surface area contributed by atoms with Crippen LogP contribution in [0.25, 0.3) is 11.0 Å². The average Bonchev–Trinajstić information content (AvgIpc) is 2.96. The van der Waals surface area contributed by atoms with Crippen molar-refractivity contribution in [1.29, 1.82) is 0 Å². The average molecular weight is 415 g/mol. The van der Waals surface area contributed by atoms with Crippen LogP contribution in [0.2, 0.25) is 0 Å². The first kappa shape index (κ1) is 22.7. The number of rotatable bonds is 8. The minimum absolute atomic E-state index is 0.104. The molecule has 1 saturated heterocycles. The summed E-state index contributed by atoms with van der Waals surface area (Å²) < 4.78 is 2.28. The van der Waals surface area contributed by atoms with Crippen LogP contribution in [0.3, 0.4) is 0 Å². The number of nitrogens with zero attached hydrogens (tertiary/aromatic N) is 4. The number of pyridine rings is 1. The van der Waals surface area contributed by atoms with E-state index in [1.54, 1.807) is 0 Å². The van der Waals surface area contributed by atoms with Crippen molar-refractivity contribution in [3.63, 3.8) is 0 Å². The second-order valence-electron chi connectivity index (χ2n) is 10.1. The zero-order valence-electron chi connectivity index (χ0n) is 19.3. The van der Waals surface area contributed by atoms with E-state index < -0.39 is 5.60 Å². The number of aromatic nitrogens is 3. The smallest absolute Gasteiger partial charge is 0.225 e. The molecule has 0 aromatic carbocycles. The fourth-order valence-corrected chi connectivity index (χ4v) is 5.10. The van der Waals surface area contributed by atoms with Crippen molar-refractivity contribution in [1.82, 2.24) is 19.4 Å². The van der Waals surface area contributed by atoms with Gasteiger partial charge >= 0.3 is 0 Å². The maximum atomic E-state index is 13.0. The molecule has 0 aliphatic carbocycles. The molecule has 0 atom stereocenters. The lowest BCUT2D eigenvalue weighted by molar-refractivity contribution is -0.139. The first-order chi connectivity index (χ1) is 14.2. The summed E-state index contributed by atoms with van der Waals surface area (Å²) in [7, 11) is 0. The number of aryl methyl sites for hydroxylation is 1. The predicted molar refractivity (Wildman–Crippen MR) is 120 cm³/mol. The van der Waals surface area contributed by atoms with Crippen molar-refractivity contribution in [2.24, 2.45) is 17.8 Å². The number of hydrogen-bond donors (Lipinski definition) is 1. The Kier molecular flexibility index (Phi) is 7.17. The Morgan fingerprint density at radius 1 is 1.20 bits per heavy atom. The quantitative estimate of drug-likeness (QED) is 0.703. The van der Waals surface area contributed by atoms with Gasteiger partial charge in [-0.1, -0.05) is 27.7 Å². The van der Waals surface area contributed by atoms with Crippen LogP contribution in [0.1, 0.15) is 65.6 Å². The van der Waals surface area contributed by atoms with Crippen molar-refractivity contribution in [3.8, 4) is 0 Å². The Hall–Kier alpha value is -1.95. The lowest BCUT2D eigenvalue weighted by Crippen LogP contribution is -2.44. The number of carbonyl (C=O) groups excluding carboxylic acids is 1. The molecule has 30 heavy (non-hydrogen) atoms. The molecule has 0 bridgehead atoms. The van der Waals surface area contributed by atoms with E-state index in [0.29, 0.717) is 30.6 Å². The maximum absolute atomic E-state index is 13.0. The summed E-state index contributed by atoms with van der Waals surface area (Å²) in [5.74, 6) is 2.39. The van der Waals surface area contributed by atoms with Gasteiger partial charge in [-0.3, -0.25) is 9.78 Å². The first-order valence-corrected chi connectivity index (χ1v) is 11.4. The number of hydrogen-bond acceptors (Lipinski definition) is 4. The molecule has 0 radical (unpaired) electrons. The highest BCUT2D eigenvalue weighted by Gasteiger charge is 2.34. The summed E-state index contributed by atoms with van der Waals surface area (Å²) in [6, 6.07) is 2.03. The Morgan fingerprint density at radius 2 is 1.83 bits per heavy atom. The Labute approximate surface area is 180 Å². The lowest BCUT2D eigenvalue weighted by Gasteiger charge is -2.36. The second-order valence-corrected chi connectivity index (χ2v) is 10.1. The van der Waals surface area contributed by atoms with Crippen molar-refractivity contribution in [2.75, 3.05) is 13.1 Å². The molecule has 2 aromatic rings. The zero-order chi connectivity index (χ0) is 21.9. The van der Waals surface area contributed by atoms with E-state index in [9.17, 15) is 9.90 Å². The van der Waals surface area contributed by atoms with Gasteiger partial charge in [-0.15, -0.1) is 0 Å². The second kappa shape index (κ2) is 9.46. The van der Waals surface area contributed by atoms with E-state index in [0.717, 1.165) is 49.3 Å². The fourth-order valence-electron chi connectivity index (χ4n) is 5.10. The van der Waals surface area contributed by atoms with Gasteiger partial charge < -0.3 is 14.6 Å². The van der Waals surface area contributed by atoms with Gasteiger partial charge in [-0.05, 0) is 56.4 Å². The Morgan fingerprint density at radius 3 is 2.43 bits per heavy atom. The topological polar surface area (TPSA) is 71.2 Å². The third-order valence-corrected chi connectivity index (χ3v) is 6.21. The summed E-state index contributed by atoms with van der Waals surface area (Å²) in [6.07, 6.45) is 7.20. The predicted octanol–water partition coefficient (Wildman–Crippen LogP) is 4.19. The number of aliphatic hydroxyl groups is 1. The van der Waals surface area contributed by atoms with Gasteiger partial charge in [0.25, 0.3) is 0 Å². The molecular formula is C24H38N4O2. The standard InChI is InChI=1S/C24H38N4O2/c1-17(2)12-24(30,13-18(3)4)14-23(29)27-10-7-20(8-11-27)16-28-19(5)26-21-15-25-9-6-22(21)28/h6,9,15,17-18,20,30H,7-8,10-14,16H2,1-5H3. The molecule has 0 saturated carbocycles. The molecule has 1 N–H and O–H groups in total. The molecule has 1 fully saturated rings. The van der Waals surface area contributed by atoms with Crippen molar-refractivity contribution in [3.05, 3.63) is 24.3 Å². The van der Waals surface area contributed by atoms with Crippen molar-refractivity contribution >= 4 is 16.9 Å². The van der Waals surface area contributed by atoms with Gasteiger partial charge in [0.2, 0.25) is 5.91 Å². The molecule has 0 unspecified atom stereocenters. The number of carbonyl (C=O) groups is 1. The van der Waals surface area contributed by atoms with Crippen LogP contribution >= 0.6 is 0 Å². The Balaban J connectivity index is 1.58. The largest absolute Gasteiger partial charge is 0.389 e. The highest BCUT2D eigenvalue weighted by molar-refractivity contribution is 5.77. The number of fused-ring (bicyclic) bond motifs is 1. The summed E-state index contributed by atoms with van der Waals surface area (Å²) in [5, 5.41) is 11.1. The van der Waals surface area contributed by atoms with Gasteiger partial charge in [0.05, 0.1) is 23.7 Å². The van der Waals surface area contributed by atoms with Crippen molar-refractivity contribution < 1.29 is 9.90 Å². The number of amides is 1. The van der Waals surface area contributed by atoms with Crippen molar-refractivity contribution in [2.45, 2.75) is 78.9 Å². The van der Waals surface area contributed by atoms with E-state index >= 15 is 0 Å². The molecule has 6 nitrogen and oxygen atoms in total. The Bertz CT molecular complexity index is 840. The van der Waals surface area contributed by atoms with E-state index in [-0.39, 0.29) is 12.3 Å². The molecule has 1 aliphatic rings. The van der Waals surface area contributed by atoms with Gasteiger partial charge in [-0.2, -0.15) is 0 Å². The van der Waals surface area contributed by atoms with E-state index in [2.05, 4.69) is 42.2 Å². The third-order valence-electron chi connectivity index (χ3n) is 6.21. The van der Waals surface area contributed by atoms with E-state index in [1.807, 2.05) is 30.3 Å². The SMILES string of the molecule is Cc1nc2cnccc2n1CC1CCN(C(=O)CC(O)(CC(C)C)CC(C)C)CC1. The van der Waals surface area contributed by atoms with Gasteiger partial charge in [0.1, 0.15) is 11.3 Å². The molecule has 2 aromatic heterocycles. The zero-order valence-corrected chi connectivity index (χ0v) is 19.3. The van der Waals surface area contributed by atoms with Crippen LogP contribution in [-0.2, 0) is 11.3 Å². The third kappa shape index (κ3) is 5.60. The van der Waals surface area contributed by atoms with Crippen LogP contribution in [0.4, 0.5) is 0 Å². The molecular weight excluding hydrogens is 376 g/mol. The number of piperidine rings is 1. The van der Waals surface area contributed by atoms with E-state index in [4.69, 9.17) is 0 Å². The fraction of sp³-hybridized carbons (Fsp3) is 0.708. The minimum atomic E-state index is -0.892. The molecule has 1 amide bonds. The summed E-state index contributed by atoms with van der Waals surface area (Å²) in [4.78, 5) is 23.7. The summed E-state index contributed by atoms with van der Waals surface area (Å²) >= 11 is 0. The van der Waals surface area contributed by atoms with E-state index in [1.165, 1.54) is 0 Å². The van der Waals surface area contributed by atoms with Crippen LogP contribution in [0.15, 0.2) is 18.5 Å². The van der Waals surface area contributed by atoms with Crippen LogP contribution in [0.5, 0.6) is 0 Å².